The van der Waals surface area contributed by atoms with Crippen LogP contribution in [0.2, 0.25) is 0 Å². The Labute approximate surface area is 139 Å². The number of allylic oxidation sites excluding steroid dienone is 2. The number of anilines is 1. The van der Waals surface area contributed by atoms with E-state index in [2.05, 4.69) is 61.0 Å². The summed E-state index contributed by atoms with van der Waals surface area (Å²) in [5.74, 6) is -0.822. The Kier molecular flexibility index (Phi) is 3.00. The highest BCUT2D eigenvalue weighted by atomic mass is 15.4. The molecular formula is C21H22N2. The van der Waals surface area contributed by atoms with Gasteiger partial charge in [-0.3, -0.25) is 0 Å². The molecule has 2 heterocycles. The Morgan fingerprint density at radius 1 is 0.957 bits per heavy atom. The lowest BCUT2D eigenvalue weighted by Crippen LogP contribution is -2.34. The van der Waals surface area contributed by atoms with Crippen molar-refractivity contribution in [2.75, 3.05) is 4.90 Å². The number of hydrogen-bond donors (Lipinski definition) is 0. The van der Waals surface area contributed by atoms with Crippen LogP contribution in [0.3, 0.4) is 0 Å². The molecule has 4 rings (SSSR count). The van der Waals surface area contributed by atoms with Crippen LogP contribution in [0.15, 0.2) is 78.3 Å². The lowest BCUT2D eigenvalue weighted by molar-refractivity contribution is 0.401. The van der Waals surface area contributed by atoms with Gasteiger partial charge in [-0.25, -0.2) is 0 Å². The molecule has 0 bridgehead atoms. The normalized spacial score (nSPS) is 26.7. The van der Waals surface area contributed by atoms with Gasteiger partial charge < -0.3 is 9.80 Å². The summed E-state index contributed by atoms with van der Waals surface area (Å²) in [6.45, 7) is 6.48. The minimum Gasteiger partial charge on any atom is -0.328 e. The molecule has 2 unspecified atom stereocenters. The molecule has 2 aromatic carbocycles. The Morgan fingerprint density at radius 3 is 2.39 bits per heavy atom. The third-order valence-electron chi connectivity index (χ3n) is 4.86. The lowest BCUT2D eigenvalue weighted by Gasteiger charge is -2.30. The van der Waals surface area contributed by atoms with Crippen LogP contribution in [0.1, 0.15) is 32.2 Å². The van der Waals surface area contributed by atoms with E-state index in [-0.39, 0.29) is 6.17 Å². The van der Waals surface area contributed by atoms with Crippen LogP contribution < -0.4 is 4.90 Å². The molecule has 2 aliphatic rings. The van der Waals surface area contributed by atoms with E-state index in [0.717, 1.165) is 17.0 Å². The van der Waals surface area contributed by atoms with Crippen LogP contribution in [0.25, 0.3) is 0 Å². The molecule has 2 heteroatoms. The maximum Gasteiger partial charge on any atom is 0.107 e. The van der Waals surface area contributed by atoms with E-state index < -0.39 is 5.89 Å². The van der Waals surface area contributed by atoms with Crippen molar-refractivity contribution >= 4 is 5.69 Å². The van der Waals surface area contributed by atoms with E-state index in [1.54, 1.807) is 0 Å². The highest BCUT2D eigenvalue weighted by Crippen LogP contribution is 2.45. The van der Waals surface area contributed by atoms with Crippen LogP contribution in [0, 0.1) is 6.92 Å². The van der Waals surface area contributed by atoms with Gasteiger partial charge in [-0.15, -0.1) is 0 Å². The second-order valence-corrected chi connectivity index (χ2v) is 6.23. The zero-order chi connectivity index (χ0) is 16.9. The van der Waals surface area contributed by atoms with Crippen molar-refractivity contribution in [2.45, 2.75) is 32.8 Å². The van der Waals surface area contributed by atoms with Crippen molar-refractivity contribution in [3.05, 3.63) is 89.4 Å². The van der Waals surface area contributed by atoms with Crippen molar-refractivity contribution in [3.8, 4) is 0 Å². The molecule has 116 valence electrons. The first kappa shape index (κ1) is 13.0. The van der Waals surface area contributed by atoms with Crippen molar-refractivity contribution < 1.29 is 1.37 Å². The number of aryl methyl sites for hydroxylation is 1. The predicted molar refractivity (Wildman–Crippen MR) is 96.0 cm³/mol. The number of fused-ring (bicyclic) bond motifs is 1. The van der Waals surface area contributed by atoms with Gasteiger partial charge in [0.2, 0.25) is 0 Å². The van der Waals surface area contributed by atoms with Crippen LogP contribution in [0.5, 0.6) is 0 Å². The summed E-state index contributed by atoms with van der Waals surface area (Å²) in [5.41, 5.74) is 5.69. The van der Waals surface area contributed by atoms with Gasteiger partial charge in [-0.1, -0.05) is 54.6 Å². The molecule has 0 amide bonds. The molecule has 0 aromatic heterocycles. The summed E-state index contributed by atoms with van der Waals surface area (Å²) in [5, 5.41) is 0. The van der Waals surface area contributed by atoms with Gasteiger partial charge in [-0.05, 0) is 38.0 Å². The Hall–Kier alpha value is -2.48. The molecule has 2 aliphatic heterocycles. The summed E-state index contributed by atoms with van der Waals surface area (Å²) in [6.07, 6.45) is 4.25. The molecule has 0 aliphatic carbocycles. The first-order valence-corrected chi connectivity index (χ1v) is 8.13. The summed E-state index contributed by atoms with van der Waals surface area (Å²) in [7, 11) is 0. The minimum atomic E-state index is -0.822. The number of hydrogen-bond acceptors (Lipinski definition) is 2. The maximum absolute atomic E-state index is 9.16. The van der Waals surface area contributed by atoms with E-state index in [9.17, 15) is 0 Å². The third kappa shape index (κ3) is 2.09. The third-order valence-corrected chi connectivity index (χ3v) is 4.86. The summed E-state index contributed by atoms with van der Waals surface area (Å²) < 4.78 is 9.16. The second kappa shape index (κ2) is 5.31. The molecule has 0 radical (unpaired) electrons. The SMILES string of the molecule is [2H]C1(c2ccccc2)C=CN2C1=C(C)N(c1ccccc1C)C2C. The molecule has 0 saturated heterocycles. The van der Waals surface area contributed by atoms with E-state index in [0.29, 0.717) is 0 Å². The first-order chi connectivity index (χ1) is 11.5. The van der Waals surface area contributed by atoms with Crippen LogP contribution >= 0.6 is 0 Å². The summed E-state index contributed by atoms with van der Waals surface area (Å²) in [4.78, 5) is 4.59. The van der Waals surface area contributed by atoms with Crippen LogP contribution in [0.4, 0.5) is 5.69 Å². The number of nitrogens with zero attached hydrogens (tertiary/aromatic N) is 2. The molecule has 0 spiro atoms. The monoisotopic (exact) mass is 303 g/mol. The molecule has 23 heavy (non-hydrogen) atoms. The zero-order valence-electron chi connectivity index (χ0n) is 14.8. The van der Waals surface area contributed by atoms with E-state index in [4.69, 9.17) is 1.37 Å². The Balaban J connectivity index is 1.85. The number of benzene rings is 2. The molecule has 0 saturated carbocycles. The molecule has 2 atom stereocenters. The van der Waals surface area contributed by atoms with Gasteiger partial charge in [-0.2, -0.15) is 0 Å². The second-order valence-electron chi connectivity index (χ2n) is 6.23. The average Bonchev–Trinajstić information content (AvgIpc) is 3.07. The molecule has 2 nitrogen and oxygen atoms in total. The largest absolute Gasteiger partial charge is 0.328 e. The van der Waals surface area contributed by atoms with Gasteiger partial charge in [0.05, 0.1) is 5.70 Å². The summed E-state index contributed by atoms with van der Waals surface area (Å²) >= 11 is 0. The van der Waals surface area contributed by atoms with Crippen LogP contribution in [-0.2, 0) is 0 Å². The zero-order valence-corrected chi connectivity index (χ0v) is 13.8. The average molecular weight is 303 g/mol. The Morgan fingerprint density at radius 2 is 1.65 bits per heavy atom. The number of para-hydroxylation sites is 1. The van der Waals surface area contributed by atoms with Gasteiger partial charge in [0.25, 0.3) is 0 Å². The quantitative estimate of drug-likeness (QED) is 0.770. The highest BCUT2D eigenvalue weighted by molar-refractivity contribution is 5.62. The fourth-order valence-corrected chi connectivity index (χ4v) is 3.73. The van der Waals surface area contributed by atoms with Gasteiger partial charge in [0.15, 0.2) is 0 Å². The summed E-state index contributed by atoms with van der Waals surface area (Å²) in [6, 6.07) is 18.6. The lowest BCUT2D eigenvalue weighted by atomic mass is 9.96. The molecule has 0 N–H and O–H groups in total. The topological polar surface area (TPSA) is 6.48 Å². The molecule has 0 fully saturated rings. The smallest absolute Gasteiger partial charge is 0.107 e. The van der Waals surface area contributed by atoms with Gasteiger partial charge in [0, 0.05) is 24.8 Å². The minimum absolute atomic E-state index is 0.174. The Bertz CT molecular complexity index is 840. The predicted octanol–water partition coefficient (Wildman–Crippen LogP) is 5.01. The first-order valence-electron chi connectivity index (χ1n) is 8.63. The van der Waals surface area contributed by atoms with Gasteiger partial charge >= 0.3 is 0 Å². The van der Waals surface area contributed by atoms with Crippen molar-refractivity contribution in [1.29, 1.82) is 0 Å². The van der Waals surface area contributed by atoms with Crippen molar-refractivity contribution in [3.63, 3.8) is 0 Å². The molecule has 2 aromatic rings. The standard InChI is InChI=1S/C21H22N2/c1-15-9-7-8-12-20(15)23-16(2)21-19(13-14-22(21)17(23)3)18-10-5-4-6-11-18/h4-14,17,19H,1-3H3/i19D. The highest BCUT2D eigenvalue weighted by Gasteiger charge is 2.39. The fraction of sp³-hybridized carbons (Fsp3) is 0.238. The fourth-order valence-electron chi connectivity index (χ4n) is 3.73. The van der Waals surface area contributed by atoms with E-state index >= 15 is 0 Å². The van der Waals surface area contributed by atoms with E-state index in [1.807, 2.05) is 36.4 Å². The van der Waals surface area contributed by atoms with E-state index in [1.165, 1.54) is 11.3 Å². The van der Waals surface area contributed by atoms with Gasteiger partial charge in [0.1, 0.15) is 6.17 Å². The van der Waals surface area contributed by atoms with Crippen molar-refractivity contribution in [2.24, 2.45) is 0 Å². The molecular weight excluding hydrogens is 280 g/mol. The number of rotatable bonds is 2. The van der Waals surface area contributed by atoms with Crippen LogP contribution in [-0.4, -0.2) is 11.1 Å². The van der Waals surface area contributed by atoms with Crippen molar-refractivity contribution in [1.82, 2.24) is 4.90 Å². The maximum atomic E-state index is 9.16.